The molecule has 7 nitrogen and oxygen atoms in total. The lowest BCUT2D eigenvalue weighted by molar-refractivity contribution is -0.133. The molecule has 0 unspecified atom stereocenters. The Balaban J connectivity index is 1.89. The number of nitrogens with zero attached hydrogens (tertiary/aromatic N) is 4. The molecule has 1 aliphatic heterocycles. The second-order valence-electron chi connectivity index (χ2n) is 7.46. The van der Waals surface area contributed by atoms with Gasteiger partial charge in [0, 0.05) is 31.9 Å². The Morgan fingerprint density at radius 2 is 1.76 bits per heavy atom. The lowest BCUT2D eigenvalue weighted by Gasteiger charge is -2.35. The Morgan fingerprint density at radius 3 is 2.24 bits per heavy atom. The van der Waals surface area contributed by atoms with Gasteiger partial charge in [0.1, 0.15) is 12.1 Å². The summed E-state index contributed by atoms with van der Waals surface area (Å²) in [7, 11) is 0. The minimum absolute atomic E-state index is 0.00306. The first-order chi connectivity index (χ1) is 11.6. The van der Waals surface area contributed by atoms with E-state index in [-0.39, 0.29) is 18.5 Å². The molecule has 0 aliphatic carbocycles. The largest absolute Gasteiger partial charge is 0.444 e. The van der Waals surface area contributed by atoms with Gasteiger partial charge in [0.25, 0.3) is 0 Å². The smallest absolute Gasteiger partial charge is 0.410 e. The van der Waals surface area contributed by atoms with Crippen molar-refractivity contribution in [2.75, 3.05) is 26.2 Å². The van der Waals surface area contributed by atoms with Crippen LogP contribution in [0.2, 0.25) is 0 Å². The van der Waals surface area contributed by atoms with Crippen LogP contribution >= 0.6 is 0 Å². The normalized spacial score (nSPS) is 15.2. The SMILES string of the molecule is C=C(C)c1cc(C)n(CC(=O)N2CCN(C(=O)OC(C)(C)C)CC2)n1. The zero-order valence-corrected chi connectivity index (χ0v) is 15.8. The Morgan fingerprint density at radius 1 is 1.20 bits per heavy atom. The molecule has 2 rings (SSSR count). The van der Waals surface area contributed by atoms with E-state index in [1.807, 2.05) is 40.7 Å². The summed E-state index contributed by atoms with van der Waals surface area (Å²) < 4.78 is 7.07. The van der Waals surface area contributed by atoms with Gasteiger partial charge in [-0.05, 0) is 46.3 Å². The number of piperazine rings is 1. The fourth-order valence-electron chi connectivity index (χ4n) is 2.57. The first-order valence-corrected chi connectivity index (χ1v) is 8.53. The molecule has 1 aliphatic rings. The maximum atomic E-state index is 12.5. The van der Waals surface area contributed by atoms with Gasteiger partial charge >= 0.3 is 6.09 Å². The van der Waals surface area contributed by atoms with Gasteiger partial charge in [0.05, 0.1) is 5.69 Å². The zero-order chi connectivity index (χ0) is 18.8. The minimum Gasteiger partial charge on any atom is -0.444 e. The molecule has 0 radical (unpaired) electrons. The molecule has 25 heavy (non-hydrogen) atoms. The van der Waals surface area contributed by atoms with Gasteiger partial charge in [-0.2, -0.15) is 5.10 Å². The van der Waals surface area contributed by atoms with Crippen LogP contribution in [-0.2, 0) is 16.1 Å². The number of allylic oxidation sites excluding steroid dienone is 1. The molecule has 1 saturated heterocycles. The van der Waals surface area contributed by atoms with E-state index in [0.29, 0.717) is 26.2 Å². The van der Waals surface area contributed by atoms with Crippen LogP contribution in [0.15, 0.2) is 12.6 Å². The van der Waals surface area contributed by atoms with E-state index in [0.717, 1.165) is 17.0 Å². The summed E-state index contributed by atoms with van der Waals surface area (Å²) in [4.78, 5) is 28.0. The van der Waals surface area contributed by atoms with Crippen LogP contribution in [0.4, 0.5) is 4.79 Å². The van der Waals surface area contributed by atoms with Gasteiger partial charge in [-0.15, -0.1) is 0 Å². The van der Waals surface area contributed by atoms with Crippen LogP contribution in [-0.4, -0.2) is 63.4 Å². The highest BCUT2D eigenvalue weighted by molar-refractivity contribution is 5.76. The van der Waals surface area contributed by atoms with Crippen LogP contribution in [0.3, 0.4) is 0 Å². The predicted octanol–water partition coefficient (Wildman–Crippen LogP) is 2.30. The molecule has 2 amide bonds. The van der Waals surface area contributed by atoms with Gasteiger partial charge < -0.3 is 14.5 Å². The van der Waals surface area contributed by atoms with Gasteiger partial charge in [-0.25, -0.2) is 4.79 Å². The van der Waals surface area contributed by atoms with E-state index in [4.69, 9.17) is 4.74 Å². The van der Waals surface area contributed by atoms with Crippen molar-refractivity contribution in [3.05, 3.63) is 24.0 Å². The third-order valence-electron chi connectivity index (χ3n) is 3.99. The molecule has 0 saturated carbocycles. The third-order valence-corrected chi connectivity index (χ3v) is 3.99. The third kappa shape index (κ3) is 5.08. The maximum Gasteiger partial charge on any atom is 0.410 e. The average Bonchev–Trinajstić information content (AvgIpc) is 2.87. The van der Waals surface area contributed by atoms with E-state index in [1.54, 1.807) is 14.5 Å². The fraction of sp³-hybridized carbons (Fsp3) is 0.611. The highest BCUT2D eigenvalue weighted by Crippen LogP contribution is 2.14. The average molecular weight is 348 g/mol. The number of amides is 2. The first-order valence-electron chi connectivity index (χ1n) is 8.53. The van der Waals surface area contributed by atoms with Crippen LogP contribution in [0.5, 0.6) is 0 Å². The molecular weight excluding hydrogens is 320 g/mol. The van der Waals surface area contributed by atoms with Crippen molar-refractivity contribution < 1.29 is 14.3 Å². The number of aryl methyl sites for hydroxylation is 1. The minimum atomic E-state index is -0.511. The van der Waals surface area contributed by atoms with E-state index < -0.39 is 5.60 Å². The molecule has 1 aromatic rings. The summed E-state index contributed by atoms with van der Waals surface area (Å²) in [5, 5.41) is 4.41. The van der Waals surface area contributed by atoms with Crippen molar-refractivity contribution in [2.24, 2.45) is 0 Å². The lowest BCUT2D eigenvalue weighted by Crippen LogP contribution is -2.52. The number of hydrogen-bond acceptors (Lipinski definition) is 4. The number of aromatic nitrogens is 2. The second-order valence-corrected chi connectivity index (χ2v) is 7.46. The van der Waals surface area contributed by atoms with Gasteiger partial charge in [-0.3, -0.25) is 9.48 Å². The molecule has 0 atom stereocenters. The second kappa shape index (κ2) is 7.29. The van der Waals surface area contributed by atoms with E-state index in [2.05, 4.69) is 11.7 Å². The summed E-state index contributed by atoms with van der Waals surface area (Å²) in [6, 6.07) is 1.93. The number of carbonyl (C=O) groups is 2. The topological polar surface area (TPSA) is 67.7 Å². The molecule has 7 heteroatoms. The lowest BCUT2D eigenvalue weighted by atomic mass is 10.2. The molecular formula is C18H28N4O3. The molecule has 0 bridgehead atoms. The Kier molecular flexibility index (Phi) is 5.55. The summed E-state index contributed by atoms with van der Waals surface area (Å²) in [6.07, 6.45) is -0.325. The molecule has 2 heterocycles. The summed E-state index contributed by atoms with van der Waals surface area (Å²) in [5.74, 6) is 0.00306. The monoisotopic (exact) mass is 348 g/mol. The van der Waals surface area contributed by atoms with Crippen molar-refractivity contribution in [2.45, 2.75) is 46.8 Å². The number of carbonyl (C=O) groups excluding carboxylic acids is 2. The van der Waals surface area contributed by atoms with Crippen LogP contribution < -0.4 is 0 Å². The first kappa shape index (κ1) is 19.0. The maximum absolute atomic E-state index is 12.5. The van der Waals surface area contributed by atoms with Crippen LogP contribution in [0.1, 0.15) is 39.1 Å². The number of rotatable bonds is 3. The van der Waals surface area contributed by atoms with Crippen molar-refractivity contribution in [1.29, 1.82) is 0 Å². The van der Waals surface area contributed by atoms with E-state index >= 15 is 0 Å². The van der Waals surface area contributed by atoms with Crippen molar-refractivity contribution >= 4 is 17.6 Å². The number of hydrogen-bond donors (Lipinski definition) is 0. The number of ether oxygens (including phenoxy) is 1. The Hall–Kier alpha value is -2.31. The summed E-state index contributed by atoms with van der Waals surface area (Å²) in [6.45, 7) is 15.4. The van der Waals surface area contributed by atoms with Crippen LogP contribution in [0.25, 0.3) is 5.57 Å². The Bertz CT molecular complexity index is 664. The molecule has 0 aromatic carbocycles. The molecule has 1 fully saturated rings. The van der Waals surface area contributed by atoms with E-state index in [9.17, 15) is 9.59 Å². The van der Waals surface area contributed by atoms with Crippen molar-refractivity contribution in [3.63, 3.8) is 0 Å². The highest BCUT2D eigenvalue weighted by Gasteiger charge is 2.27. The predicted molar refractivity (Wildman–Crippen MR) is 96.1 cm³/mol. The summed E-state index contributed by atoms with van der Waals surface area (Å²) >= 11 is 0. The quantitative estimate of drug-likeness (QED) is 0.841. The Labute approximate surface area is 149 Å². The van der Waals surface area contributed by atoms with Crippen molar-refractivity contribution in [1.82, 2.24) is 19.6 Å². The highest BCUT2D eigenvalue weighted by atomic mass is 16.6. The molecule has 1 aromatic heterocycles. The molecule has 0 N–H and O–H groups in total. The fourth-order valence-corrected chi connectivity index (χ4v) is 2.57. The van der Waals surface area contributed by atoms with Crippen molar-refractivity contribution in [3.8, 4) is 0 Å². The molecule has 0 spiro atoms. The van der Waals surface area contributed by atoms with E-state index in [1.165, 1.54) is 0 Å². The molecule has 138 valence electrons. The van der Waals surface area contributed by atoms with Crippen LogP contribution in [0, 0.1) is 6.92 Å². The van der Waals surface area contributed by atoms with Gasteiger partial charge in [-0.1, -0.05) is 6.58 Å². The van der Waals surface area contributed by atoms with Gasteiger partial charge in [0.15, 0.2) is 0 Å². The summed E-state index contributed by atoms with van der Waals surface area (Å²) in [5.41, 5.74) is 2.10. The zero-order valence-electron chi connectivity index (χ0n) is 15.8. The van der Waals surface area contributed by atoms with Gasteiger partial charge in [0.2, 0.25) is 5.91 Å². The standard InChI is InChI=1S/C18H28N4O3/c1-13(2)15-11-14(3)22(19-15)12-16(23)20-7-9-21(10-8-20)17(24)25-18(4,5)6/h11H,1,7-10,12H2,2-6H3.